The molecule has 1 saturated carbocycles. The Morgan fingerprint density at radius 1 is 1.39 bits per heavy atom. The monoisotopic (exact) mass is 399 g/mol. The maximum Gasteiger partial charge on any atom is 0.273 e. The SMILES string of the molecule is Cc1nc(C(=O)N2C[C@H](c3cn(C)cn3)[C@@]3(CCN(CC4CC4)C3=O)C2)cs1. The number of thiazole rings is 1. The maximum absolute atomic E-state index is 13.5. The molecule has 148 valence electrons. The Balaban J connectivity index is 1.46. The van der Waals surface area contributed by atoms with Gasteiger partial charge in [0.1, 0.15) is 5.69 Å². The van der Waals surface area contributed by atoms with Crippen LogP contribution < -0.4 is 0 Å². The molecular weight excluding hydrogens is 374 g/mol. The first-order valence-electron chi connectivity index (χ1n) is 9.95. The molecule has 2 aromatic rings. The number of rotatable bonds is 4. The van der Waals surface area contributed by atoms with Crippen LogP contribution in [0.25, 0.3) is 0 Å². The van der Waals surface area contributed by atoms with Crippen LogP contribution in [0, 0.1) is 18.3 Å². The van der Waals surface area contributed by atoms with Crippen LogP contribution in [0.4, 0.5) is 0 Å². The van der Waals surface area contributed by atoms with E-state index in [1.807, 2.05) is 39.9 Å². The van der Waals surface area contributed by atoms with Crippen molar-refractivity contribution in [1.82, 2.24) is 24.3 Å². The Bertz CT molecular complexity index is 933. The lowest BCUT2D eigenvalue weighted by molar-refractivity contribution is -0.136. The van der Waals surface area contributed by atoms with Crippen LogP contribution in [0.15, 0.2) is 17.9 Å². The summed E-state index contributed by atoms with van der Waals surface area (Å²) >= 11 is 1.48. The molecule has 0 radical (unpaired) electrons. The van der Waals surface area contributed by atoms with Crippen molar-refractivity contribution in [3.8, 4) is 0 Å². The molecule has 2 amide bonds. The summed E-state index contributed by atoms with van der Waals surface area (Å²) in [7, 11) is 1.94. The highest BCUT2D eigenvalue weighted by Crippen LogP contribution is 2.50. The molecular formula is C20H25N5O2S. The summed E-state index contributed by atoms with van der Waals surface area (Å²) in [5.41, 5.74) is 0.845. The predicted octanol–water partition coefficient (Wildman–Crippen LogP) is 2.05. The van der Waals surface area contributed by atoms with Crippen LogP contribution in [0.1, 0.15) is 46.4 Å². The van der Waals surface area contributed by atoms with Gasteiger partial charge in [0.15, 0.2) is 0 Å². The molecule has 2 atom stereocenters. The number of likely N-dealkylation sites (tertiary alicyclic amines) is 2. The zero-order chi connectivity index (χ0) is 19.5. The van der Waals surface area contributed by atoms with E-state index in [-0.39, 0.29) is 17.7 Å². The van der Waals surface area contributed by atoms with Crippen LogP contribution in [0.2, 0.25) is 0 Å². The van der Waals surface area contributed by atoms with Crippen molar-refractivity contribution in [1.29, 1.82) is 0 Å². The highest BCUT2D eigenvalue weighted by atomic mass is 32.1. The lowest BCUT2D eigenvalue weighted by Crippen LogP contribution is -2.41. The fraction of sp³-hybridized carbons (Fsp3) is 0.600. The van der Waals surface area contributed by atoms with Crippen LogP contribution in [-0.4, -0.2) is 62.3 Å². The van der Waals surface area contributed by atoms with Crippen molar-refractivity contribution < 1.29 is 9.59 Å². The average Bonchev–Trinajstić information content (AvgIpc) is 3.01. The molecule has 1 aliphatic carbocycles. The van der Waals surface area contributed by atoms with E-state index in [0.717, 1.165) is 30.2 Å². The summed E-state index contributed by atoms with van der Waals surface area (Å²) < 4.78 is 1.92. The highest BCUT2D eigenvalue weighted by Gasteiger charge is 2.59. The van der Waals surface area contributed by atoms with Crippen molar-refractivity contribution in [2.24, 2.45) is 18.4 Å². The first-order valence-corrected chi connectivity index (χ1v) is 10.8. The minimum absolute atomic E-state index is 0.0610. The quantitative estimate of drug-likeness (QED) is 0.789. The van der Waals surface area contributed by atoms with E-state index in [1.165, 1.54) is 24.2 Å². The molecule has 2 aromatic heterocycles. The van der Waals surface area contributed by atoms with Crippen molar-refractivity contribution in [3.05, 3.63) is 34.3 Å². The number of imidazole rings is 1. The predicted molar refractivity (Wildman–Crippen MR) is 105 cm³/mol. The number of carbonyl (C=O) groups is 2. The third kappa shape index (κ3) is 2.85. The van der Waals surface area contributed by atoms with Crippen LogP contribution in [0.5, 0.6) is 0 Å². The molecule has 4 heterocycles. The summed E-state index contributed by atoms with van der Waals surface area (Å²) in [5, 5.41) is 2.69. The van der Waals surface area contributed by atoms with E-state index in [9.17, 15) is 9.59 Å². The van der Waals surface area contributed by atoms with E-state index < -0.39 is 5.41 Å². The van der Waals surface area contributed by atoms with Crippen molar-refractivity contribution >= 4 is 23.2 Å². The summed E-state index contributed by atoms with van der Waals surface area (Å²) in [4.78, 5) is 39.4. The number of aryl methyl sites for hydroxylation is 2. The van der Waals surface area contributed by atoms with Gasteiger partial charge in [0.2, 0.25) is 5.91 Å². The van der Waals surface area contributed by atoms with Gasteiger partial charge in [-0.05, 0) is 32.1 Å². The topological polar surface area (TPSA) is 71.3 Å². The largest absolute Gasteiger partial charge is 0.342 e. The van der Waals surface area contributed by atoms with E-state index in [1.54, 1.807) is 6.33 Å². The zero-order valence-corrected chi connectivity index (χ0v) is 17.1. The Kier molecular flexibility index (Phi) is 4.08. The first-order chi connectivity index (χ1) is 13.5. The molecule has 3 fully saturated rings. The Morgan fingerprint density at radius 2 is 2.21 bits per heavy atom. The molecule has 8 heteroatoms. The van der Waals surface area contributed by atoms with Crippen molar-refractivity contribution in [2.75, 3.05) is 26.2 Å². The van der Waals surface area contributed by atoms with Crippen LogP contribution in [-0.2, 0) is 11.8 Å². The van der Waals surface area contributed by atoms with Gasteiger partial charge in [-0.25, -0.2) is 9.97 Å². The molecule has 2 saturated heterocycles. The third-order valence-corrected chi connectivity index (χ3v) is 7.24. The van der Waals surface area contributed by atoms with Crippen molar-refractivity contribution in [2.45, 2.75) is 32.1 Å². The normalized spacial score (nSPS) is 27.4. The molecule has 1 spiro atoms. The lowest BCUT2D eigenvalue weighted by atomic mass is 9.75. The summed E-state index contributed by atoms with van der Waals surface area (Å²) in [6.07, 6.45) is 7.02. The van der Waals surface area contributed by atoms with Gasteiger partial charge >= 0.3 is 0 Å². The molecule has 0 N–H and O–H groups in total. The standard InChI is InChI=1S/C20H25N5O2S/c1-13-22-17(10-28-13)18(26)25-8-15(16-9-23(2)12-21-16)20(11-25)5-6-24(19(20)27)7-14-3-4-14/h9-10,12,14-15H,3-8,11H2,1-2H3/t15-,20-/m1/s1. The molecule has 0 aromatic carbocycles. The number of amides is 2. The molecule has 5 rings (SSSR count). The van der Waals surface area contributed by atoms with E-state index in [4.69, 9.17) is 0 Å². The Hall–Kier alpha value is -2.22. The lowest BCUT2D eigenvalue weighted by Gasteiger charge is -2.27. The fourth-order valence-corrected chi connectivity index (χ4v) is 5.38. The highest BCUT2D eigenvalue weighted by molar-refractivity contribution is 7.09. The van der Waals surface area contributed by atoms with Crippen LogP contribution in [0.3, 0.4) is 0 Å². The minimum Gasteiger partial charge on any atom is -0.342 e. The maximum atomic E-state index is 13.5. The first kappa shape index (κ1) is 17.8. The summed E-state index contributed by atoms with van der Waals surface area (Å²) in [5.74, 6) is 0.744. The van der Waals surface area contributed by atoms with Gasteiger partial charge in [-0.3, -0.25) is 9.59 Å². The van der Waals surface area contributed by atoms with Gasteiger partial charge in [-0.1, -0.05) is 0 Å². The molecule has 7 nitrogen and oxygen atoms in total. The minimum atomic E-state index is -0.552. The van der Waals surface area contributed by atoms with Gasteiger partial charge in [-0.15, -0.1) is 11.3 Å². The Morgan fingerprint density at radius 3 is 2.86 bits per heavy atom. The number of nitrogens with zero attached hydrogens (tertiary/aromatic N) is 5. The second-order valence-electron chi connectivity index (χ2n) is 8.55. The molecule has 0 bridgehead atoms. The summed E-state index contributed by atoms with van der Waals surface area (Å²) in [6, 6.07) is 0. The average molecular weight is 400 g/mol. The van der Waals surface area contributed by atoms with E-state index in [0.29, 0.717) is 24.7 Å². The third-order valence-electron chi connectivity index (χ3n) is 6.47. The van der Waals surface area contributed by atoms with Gasteiger partial charge in [0.05, 0.1) is 22.4 Å². The molecule has 3 aliphatic rings. The van der Waals surface area contributed by atoms with E-state index >= 15 is 0 Å². The second-order valence-corrected chi connectivity index (χ2v) is 9.62. The number of carbonyl (C=O) groups excluding carboxylic acids is 2. The number of aromatic nitrogens is 3. The van der Waals surface area contributed by atoms with Gasteiger partial charge in [-0.2, -0.15) is 0 Å². The molecule has 28 heavy (non-hydrogen) atoms. The summed E-state index contributed by atoms with van der Waals surface area (Å²) in [6.45, 7) is 4.55. The van der Waals surface area contributed by atoms with Crippen molar-refractivity contribution in [3.63, 3.8) is 0 Å². The van der Waals surface area contributed by atoms with E-state index in [2.05, 4.69) is 9.97 Å². The molecule has 2 aliphatic heterocycles. The number of hydrogen-bond acceptors (Lipinski definition) is 5. The Labute approximate surface area is 168 Å². The van der Waals surface area contributed by atoms with Crippen LogP contribution >= 0.6 is 11.3 Å². The second kappa shape index (κ2) is 6.40. The van der Waals surface area contributed by atoms with Gasteiger partial charge in [0, 0.05) is 50.7 Å². The zero-order valence-electron chi connectivity index (χ0n) is 16.3. The van der Waals surface area contributed by atoms with Gasteiger partial charge < -0.3 is 14.4 Å². The number of hydrogen-bond donors (Lipinski definition) is 0. The molecule has 0 unspecified atom stereocenters. The fourth-order valence-electron chi connectivity index (χ4n) is 4.79. The van der Waals surface area contributed by atoms with Gasteiger partial charge in [0.25, 0.3) is 5.91 Å². The smallest absolute Gasteiger partial charge is 0.273 e.